The number of nitrogens with two attached hydrogens (primary N) is 1. The van der Waals surface area contributed by atoms with Crippen molar-refractivity contribution in [2.75, 3.05) is 23.8 Å². The number of benzene rings is 1. The lowest BCUT2D eigenvalue weighted by Gasteiger charge is -2.35. The number of urea groups is 1. The number of anilines is 1. The summed E-state index contributed by atoms with van der Waals surface area (Å²) in [5, 5.41) is 18.2. The lowest BCUT2D eigenvalue weighted by molar-refractivity contribution is -0.130. The molecule has 0 unspecified atom stereocenters. The Bertz CT molecular complexity index is 1070. The number of primary amides is 1. The first-order chi connectivity index (χ1) is 14.7. The number of hydroxylamine groups is 1. The smallest absolute Gasteiger partial charge is 0.319 e. The first-order valence-corrected chi connectivity index (χ1v) is 12.2. The van der Waals surface area contributed by atoms with Crippen molar-refractivity contribution in [3.8, 4) is 10.4 Å². The van der Waals surface area contributed by atoms with E-state index in [1.54, 1.807) is 35.8 Å². The van der Waals surface area contributed by atoms with Crippen molar-refractivity contribution >= 4 is 38.8 Å². The van der Waals surface area contributed by atoms with Crippen LogP contribution in [0.15, 0.2) is 36.4 Å². The highest BCUT2D eigenvalue weighted by Crippen LogP contribution is 2.47. The lowest BCUT2D eigenvalue weighted by atomic mass is 9.94. The molecule has 1 aromatic carbocycles. The average Bonchev–Trinajstić information content (AvgIpc) is 3.24. The quantitative estimate of drug-likeness (QED) is 0.361. The van der Waals surface area contributed by atoms with E-state index in [9.17, 15) is 23.1 Å². The molecule has 1 saturated heterocycles. The van der Waals surface area contributed by atoms with Crippen molar-refractivity contribution in [2.24, 2.45) is 5.73 Å². The number of nitrogens with one attached hydrogen (secondary N) is 1. The summed E-state index contributed by atoms with van der Waals surface area (Å²) in [4.78, 5) is 26.2. The molecule has 5 N–H and O–H groups in total. The molecule has 0 aliphatic carbocycles. The van der Waals surface area contributed by atoms with Crippen LogP contribution in [0.3, 0.4) is 0 Å². The Labute approximate surface area is 184 Å². The second-order valence-corrected chi connectivity index (χ2v) is 10.9. The Morgan fingerprint density at radius 2 is 2.00 bits per heavy atom. The molecule has 1 aromatic heterocycles. The van der Waals surface area contributed by atoms with E-state index in [2.05, 4.69) is 0 Å². The number of nitrogens with zero attached hydrogens (tertiary/aromatic N) is 1. The number of carbonyl (C=O) groups is 2. The zero-order valence-electron chi connectivity index (χ0n) is 16.8. The van der Waals surface area contributed by atoms with Crippen LogP contribution in [0.1, 0.15) is 30.6 Å². The molecular weight excluding hydrogens is 442 g/mol. The van der Waals surface area contributed by atoms with Gasteiger partial charge in [-0.05, 0) is 42.7 Å². The maximum atomic E-state index is 13.1. The van der Waals surface area contributed by atoms with Gasteiger partial charge in [0.1, 0.15) is 4.75 Å². The Kier molecular flexibility index (Phi) is 6.99. The molecule has 3 amide bonds. The summed E-state index contributed by atoms with van der Waals surface area (Å²) >= 11 is 1.26. The summed E-state index contributed by atoms with van der Waals surface area (Å²) < 4.78 is 24.7. The number of hydrogen-bond donors (Lipinski definition) is 4. The molecule has 2 heterocycles. The average molecular weight is 468 g/mol. The van der Waals surface area contributed by atoms with Crippen LogP contribution in [-0.4, -0.2) is 49.6 Å². The van der Waals surface area contributed by atoms with E-state index < -0.39 is 26.5 Å². The maximum Gasteiger partial charge on any atom is 0.319 e. The first kappa shape index (κ1) is 23.2. The highest BCUT2D eigenvalue weighted by Gasteiger charge is 2.49. The highest BCUT2D eigenvalue weighted by molar-refractivity contribution is 7.92. The second kappa shape index (κ2) is 9.35. The number of hydrogen-bond acceptors (Lipinski definition) is 7. The zero-order chi connectivity index (χ0) is 22.6. The SMILES string of the molecule is NC(=O)N(CCO)c1cccc(-c2ccc([C@@]3(CC(=O)NO)CCCCS3(=O)=O)s2)c1. The van der Waals surface area contributed by atoms with Gasteiger partial charge in [0.2, 0.25) is 5.91 Å². The zero-order valence-corrected chi connectivity index (χ0v) is 18.4. The van der Waals surface area contributed by atoms with Crippen molar-refractivity contribution in [2.45, 2.75) is 30.4 Å². The molecule has 0 saturated carbocycles. The van der Waals surface area contributed by atoms with Crippen molar-refractivity contribution in [3.05, 3.63) is 41.3 Å². The van der Waals surface area contributed by atoms with E-state index in [-0.39, 0.29) is 25.3 Å². The van der Waals surface area contributed by atoms with Gasteiger partial charge in [-0.25, -0.2) is 18.7 Å². The van der Waals surface area contributed by atoms with E-state index in [0.717, 1.165) is 10.4 Å². The molecule has 9 nitrogen and oxygen atoms in total. The summed E-state index contributed by atoms with van der Waals surface area (Å²) in [6.45, 7) is -0.199. The van der Waals surface area contributed by atoms with Gasteiger partial charge in [-0.1, -0.05) is 18.6 Å². The molecule has 1 aliphatic heterocycles. The predicted molar refractivity (Wildman–Crippen MR) is 118 cm³/mol. The highest BCUT2D eigenvalue weighted by atomic mass is 32.2. The number of carbonyl (C=O) groups excluding carboxylic acids is 2. The third-order valence-corrected chi connectivity index (χ3v) is 9.55. The van der Waals surface area contributed by atoms with Crippen LogP contribution in [-0.2, 0) is 19.4 Å². The van der Waals surface area contributed by atoms with E-state index in [1.807, 2.05) is 6.07 Å². The molecule has 11 heteroatoms. The molecule has 0 bridgehead atoms. The molecule has 0 spiro atoms. The summed E-state index contributed by atoms with van der Waals surface area (Å²) in [7, 11) is -3.61. The number of thiophene rings is 1. The Balaban J connectivity index is 2.02. The molecule has 1 atom stereocenters. The van der Waals surface area contributed by atoms with Crippen LogP contribution in [0.2, 0.25) is 0 Å². The third kappa shape index (κ3) is 4.59. The predicted octanol–water partition coefficient (Wildman–Crippen LogP) is 1.98. The van der Waals surface area contributed by atoms with Gasteiger partial charge >= 0.3 is 6.03 Å². The summed E-state index contributed by atoms with van der Waals surface area (Å²) in [6.07, 6.45) is 1.15. The Morgan fingerprint density at radius 3 is 2.65 bits per heavy atom. The molecule has 0 radical (unpaired) electrons. The molecule has 1 aliphatic rings. The fourth-order valence-electron chi connectivity index (χ4n) is 3.95. The minimum absolute atomic E-state index is 0.0108. The van der Waals surface area contributed by atoms with Crippen LogP contribution in [0, 0.1) is 0 Å². The normalized spacial score (nSPS) is 20.2. The van der Waals surface area contributed by atoms with E-state index in [1.165, 1.54) is 16.2 Å². The van der Waals surface area contributed by atoms with Crippen molar-refractivity contribution in [3.63, 3.8) is 0 Å². The standard InChI is InChI=1S/C20H25N3O6S2/c21-19(26)23(9-10-24)15-5-3-4-14(12-15)16-6-7-17(30-16)20(13-18(25)22-27)8-1-2-11-31(20,28)29/h3-7,12,24,27H,1-2,8-11,13H2,(H2,21,26)(H,22,25)/t20-/m0/s1. The van der Waals surface area contributed by atoms with Gasteiger partial charge in [0.25, 0.3) is 0 Å². The van der Waals surface area contributed by atoms with Crippen LogP contribution in [0.25, 0.3) is 10.4 Å². The van der Waals surface area contributed by atoms with Gasteiger partial charge in [0.15, 0.2) is 9.84 Å². The largest absolute Gasteiger partial charge is 0.395 e. The minimum Gasteiger partial charge on any atom is -0.395 e. The number of rotatable bonds is 7. The monoisotopic (exact) mass is 467 g/mol. The van der Waals surface area contributed by atoms with Crippen molar-refractivity contribution in [1.82, 2.24) is 5.48 Å². The molecular formula is C20H25N3O6S2. The van der Waals surface area contributed by atoms with Crippen molar-refractivity contribution < 1.29 is 28.3 Å². The van der Waals surface area contributed by atoms with Crippen LogP contribution >= 0.6 is 11.3 Å². The minimum atomic E-state index is -3.61. The second-order valence-electron chi connectivity index (χ2n) is 7.41. The van der Waals surface area contributed by atoms with Gasteiger partial charge in [-0.15, -0.1) is 11.3 Å². The molecule has 3 rings (SSSR count). The van der Waals surface area contributed by atoms with Crippen LogP contribution in [0.5, 0.6) is 0 Å². The van der Waals surface area contributed by atoms with Gasteiger partial charge in [-0.2, -0.15) is 0 Å². The van der Waals surface area contributed by atoms with Gasteiger partial charge in [0.05, 0.1) is 25.3 Å². The number of sulfone groups is 1. The molecule has 31 heavy (non-hydrogen) atoms. The summed E-state index contributed by atoms with van der Waals surface area (Å²) in [6, 6.07) is 9.78. The summed E-state index contributed by atoms with van der Waals surface area (Å²) in [5.74, 6) is -0.757. The van der Waals surface area contributed by atoms with Gasteiger partial charge in [0, 0.05) is 15.4 Å². The number of aliphatic hydroxyl groups is 1. The topological polar surface area (TPSA) is 150 Å². The molecule has 168 valence electrons. The number of aliphatic hydroxyl groups excluding tert-OH is 1. The first-order valence-electron chi connectivity index (χ1n) is 9.78. The Morgan fingerprint density at radius 1 is 1.23 bits per heavy atom. The third-order valence-electron chi connectivity index (χ3n) is 5.50. The Hall–Kier alpha value is -2.47. The maximum absolute atomic E-state index is 13.1. The van der Waals surface area contributed by atoms with Crippen LogP contribution < -0.4 is 16.1 Å². The van der Waals surface area contributed by atoms with E-state index in [0.29, 0.717) is 29.8 Å². The fraction of sp³-hybridized carbons (Fsp3) is 0.400. The lowest BCUT2D eigenvalue weighted by Crippen LogP contribution is -2.43. The molecule has 1 fully saturated rings. The number of amides is 3. The van der Waals surface area contributed by atoms with Gasteiger partial charge in [-0.3, -0.25) is 14.9 Å². The van der Waals surface area contributed by atoms with Crippen LogP contribution in [0.4, 0.5) is 10.5 Å². The van der Waals surface area contributed by atoms with Crippen molar-refractivity contribution in [1.29, 1.82) is 0 Å². The van der Waals surface area contributed by atoms with Gasteiger partial charge < -0.3 is 10.8 Å². The summed E-state index contributed by atoms with van der Waals surface area (Å²) in [5.41, 5.74) is 8.21. The van der Waals surface area contributed by atoms with E-state index >= 15 is 0 Å². The molecule has 2 aromatic rings. The van der Waals surface area contributed by atoms with E-state index in [4.69, 9.17) is 10.9 Å². The fourth-order valence-corrected chi connectivity index (χ4v) is 7.72.